The number of hydrogen-bond acceptors (Lipinski definition) is 3. The predicted octanol–water partition coefficient (Wildman–Crippen LogP) is 4.36. The number of nitrogens with zero attached hydrogens (tertiary/aromatic N) is 2. The van der Waals surface area contributed by atoms with E-state index < -0.39 is 21.0 Å². The summed E-state index contributed by atoms with van der Waals surface area (Å²) in [6.45, 7) is 16.7. The average Bonchev–Trinajstić information content (AvgIpc) is 2.42. The van der Waals surface area contributed by atoms with Crippen LogP contribution in [-0.2, 0) is 4.43 Å². The molecule has 1 aliphatic rings. The van der Waals surface area contributed by atoms with Crippen LogP contribution in [0.2, 0.25) is 16.6 Å². The minimum atomic E-state index is -4.09. The Balaban J connectivity index is 2.45. The third-order valence-corrected chi connectivity index (χ3v) is 11.5. The zero-order valence-electron chi connectivity index (χ0n) is 16.1. The van der Waals surface area contributed by atoms with E-state index in [0.29, 0.717) is 49.4 Å². The van der Waals surface area contributed by atoms with Crippen LogP contribution in [0.1, 0.15) is 41.5 Å². The normalized spacial score (nSPS) is 19.0. The van der Waals surface area contributed by atoms with Crippen LogP contribution in [0.4, 0.5) is 13.2 Å². The van der Waals surface area contributed by atoms with Gasteiger partial charge in [0.1, 0.15) is 0 Å². The highest BCUT2D eigenvalue weighted by Crippen LogP contribution is 2.42. The minimum Gasteiger partial charge on any atom is -0.415 e. The fourth-order valence-electron chi connectivity index (χ4n) is 4.28. The third kappa shape index (κ3) is 6.00. The van der Waals surface area contributed by atoms with Gasteiger partial charge in [-0.05, 0) is 16.6 Å². The Kier molecular flexibility index (Phi) is 8.23. The topological polar surface area (TPSA) is 15.7 Å². The lowest BCUT2D eigenvalue weighted by atomic mass is 10.3. The summed E-state index contributed by atoms with van der Waals surface area (Å²) in [5.41, 5.74) is 1.67. The Morgan fingerprint density at radius 3 is 1.62 bits per heavy atom. The van der Waals surface area contributed by atoms with Crippen LogP contribution in [0.25, 0.3) is 0 Å². The molecule has 1 heterocycles. The second kappa shape index (κ2) is 9.01. The molecule has 0 radical (unpaired) electrons. The Hall–Kier alpha value is -0.113. The maximum absolute atomic E-state index is 12.4. The summed E-state index contributed by atoms with van der Waals surface area (Å²) >= 11 is 0. The second-order valence-corrected chi connectivity index (χ2v) is 13.4. The Bertz CT molecular complexity index is 346. The lowest BCUT2D eigenvalue weighted by Crippen LogP contribution is -2.52. The van der Waals surface area contributed by atoms with Gasteiger partial charge < -0.3 is 4.43 Å². The molecule has 0 aliphatic carbocycles. The molecular formula is C17H35F3N2OSi. The Labute approximate surface area is 146 Å². The zero-order chi connectivity index (χ0) is 18.5. The van der Waals surface area contributed by atoms with Gasteiger partial charge >= 0.3 is 6.18 Å². The summed E-state index contributed by atoms with van der Waals surface area (Å²) < 4.78 is 43.8. The van der Waals surface area contributed by atoms with Gasteiger partial charge in [-0.2, -0.15) is 13.2 Å². The van der Waals surface area contributed by atoms with Crippen molar-refractivity contribution in [1.29, 1.82) is 0 Å². The third-order valence-electron chi connectivity index (χ3n) is 5.33. The standard InChI is InChI=1S/C17H35F3N2OSi/c1-14(2)24(15(3)4,16(5)6)23-12-11-21-7-9-22(10-8-21)13-17(18,19)20/h14-16H,7-13H2,1-6H3. The van der Waals surface area contributed by atoms with Crippen molar-refractivity contribution in [3.63, 3.8) is 0 Å². The molecule has 0 aromatic rings. The first kappa shape index (κ1) is 21.9. The monoisotopic (exact) mass is 368 g/mol. The van der Waals surface area contributed by atoms with Crippen molar-refractivity contribution in [3.05, 3.63) is 0 Å². The molecule has 0 spiro atoms. The van der Waals surface area contributed by atoms with Crippen LogP contribution in [-0.4, -0.2) is 70.2 Å². The van der Waals surface area contributed by atoms with Crippen molar-refractivity contribution in [3.8, 4) is 0 Å². The van der Waals surface area contributed by atoms with Crippen LogP contribution in [0.5, 0.6) is 0 Å². The lowest BCUT2D eigenvalue weighted by Gasteiger charge is -2.43. The van der Waals surface area contributed by atoms with Crippen molar-refractivity contribution in [1.82, 2.24) is 9.80 Å². The minimum absolute atomic E-state index is 0.487. The van der Waals surface area contributed by atoms with Gasteiger partial charge in [0.2, 0.25) is 0 Å². The summed E-state index contributed by atoms with van der Waals surface area (Å²) in [6, 6.07) is 0. The van der Waals surface area contributed by atoms with Crippen molar-refractivity contribution in [2.75, 3.05) is 45.9 Å². The zero-order valence-corrected chi connectivity index (χ0v) is 17.1. The summed E-state index contributed by atoms with van der Waals surface area (Å²) in [5, 5.41) is 0. The van der Waals surface area contributed by atoms with Gasteiger partial charge in [0.05, 0.1) is 6.54 Å². The molecule has 144 valence electrons. The van der Waals surface area contributed by atoms with Crippen LogP contribution in [0.3, 0.4) is 0 Å². The fourth-order valence-corrected chi connectivity index (χ4v) is 9.72. The molecule has 0 bridgehead atoms. The molecule has 7 heteroatoms. The molecule has 0 N–H and O–H groups in total. The number of alkyl halides is 3. The average molecular weight is 369 g/mol. The van der Waals surface area contributed by atoms with Crippen molar-refractivity contribution >= 4 is 8.32 Å². The molecule has 0 unspecified atom stereocenters. The van der Waals surface area contributed by atoms with E-state index in [0.717, 1.165) is 6.54 Å². The second-order valence-electron chi connectivity index (χ2n) is 7.90. The SMILES string of the molecule is CC(C)[Si](OCCN1CCN(CC(F)(F)F)CC1)(C(C)C)C(C)C. The molecule has 0 aromatic heterocycles. The molecule has 1 fully saturated rings. The maximum Gasteiger partial charge on any atom is 0.401 e. The summed E-state index contributed by atoms with van der Waals surface area (Å²) in [5.74, 6) is 0. The molecule has 1 aliphatic heterocycles. The maximum atomic E-state index is 12.4. The fraction of sp³-hybridized carbons (Fsp3) is 1.00. The summed E-state index contributed by atoms with van der Waals surface area (Å²) in [4.78, 5) is 3.72. The molecular weight excluding hydrogens is 333 g/mol. The first-order valence-corrected chi connectivity index (χ1v) is 11.3. The lowest BCUT2D eigenvalue weighted by molar-refractivity contribution is -0.149. The van der Waals surface area contributed by atoms with Gasteiger partial charge in [-0.15, -0.1) is 0 Å². The van der Waals surface area contributed by atoms with E-state index in [4.69, 9.17) is 4.43 Å². The molecule has 24 heavy (non-hydrogen) atoms. The van der Waals surface area contributed by atoms with Gasteiger partial charge in [0.25, 0.3) is 0 Å². The van der Waals surface area contributed by atoms with Gasteiger partial charge in [-0.1, -0.05) is 41.5 Å². The van der Waals surface area contributed by atoms with Crippen LogP contribution in [0, 0.1) is 0 Å². The molecule has 0 aromatic carbocycles. The van der Waals surface area contributed by atoms with E-state index in [1.165, 1.54) is 4.90 Å². The quantitative estimate of drug-likeness (QED) is 0.592. The smallest absolute Gasteiger partial charge is 0.401 e. The van der Waals surface area contributed by atoms with Crippen molar-refractivity contribution < 1.29 is 17.6 Å². The largest absolute Gasteiger partial charge is 0.415 e. The van der Waals surface area contributed by atoms with Gasteiger partial charge in [-0.25, -0.2) is 0 Å². The highest BCUT2D eigenvalue weighted by atomic mass is 28.4. The van der Waals surface area contributed by atoms with Crippen LogP contribution >= 0.6 is 0 Å². The highest BCUT2D eigenvalue weighted by Gasteiger charge is 2.45. The van der Waals surface area contributed by atoms with Crippen molar-refractivity contribution in [2.45, 2.75) is 64.3 Å². The Morgan fingerprint density at radius 2 is 1.25 bits per heavy atom. The van der Waals surface area contributed by atoms with E-state index in [-0.39, 0.29) is 0 Å². The van der Waals surface area contributed by atoms with Crippen LogP contribution < -0.4 is 0 Å². The molecule has 1 rings (SSSR count). The van der Waals surface area contributed by atoms with E-state index in [1.54, 1.807) is 0 Å². The highest BCUT2D eigenvalue weighted by molar-refractivity contribution is 6.77. The molecule has 1 saturated heterocycles. The number of halogens is 3. The molecule has 0 saturated carbocycles. The van der Waals surface area contributed by atoms with Gasteiger partial charge in [0, 0.05) is 39.3 Å². The number of hydrogen-bond donors (Lipinski definition) is 0. The van der Waals surface area contributed by atoms with Crippen LogP contribution in [0.15, 0.2) is 0 Å². The van der Waals surface area contributed by atoms with Gasteiger partial charge in [-0.3, -0.25) is 9.80 Å². The van der Waals surface area contributed by atoms with E-state index in [9.17, 15) is 13.2 Å². The first-order valence-electron chi connectivity index (χ1n) is 9.14. The number of rotatable bonds is 8. The van der Waals surface area contributed by atoms with Gasteiger partial charge in [0.15, 0.2) is 8.32 Å². The Morgan fingerprint density at radius 1 is 0.833 bits per heavy atom. The van der Waals surface area contributed by atoms with E-state index in [2.05, 4.69) is 46.4 Å². The van der Waals surface area contributed by atoms with E-state index >= 15 is 0 Å². The molecule has 0 atom stereocenters. The summed E-state index contributed by atoms with van der Waals surface area (Å²) in [7, 11) is -1.84. The molecule has 0 amide bonds. The van der Waals surface area contributed by atoms with Crippen molar-refractivity contribution in [2.24, 2.45) is 0 Å². The van der Waals surface area contributed by atoms with E-state index in [1.807, 2.05) is 0 Å². The first-order chi connectivity index (χ1) is 11.0. The number of piperazine rings is 1. The predicted molar refractivity (Wildman–Crippen MR) is 95.9 cm³/mol. The summed E-state index contributed by atoms with van der Waals surface area (Å²) in [6.07, 6.45) is -4.09. The molecule has 3 nitrogen and oxygen atoms in total.